The van der Waals surface area contributed by atoms with Gasteiger partial charge in [-0.25, -0.2) is 4.98 Å². The largest absolute Gasteiger partial charge is 0.337 e. The zero-order valence-corrected chi connectivity index (χ0v) is 17.7. The molecule has 1 aromatic carbocycles. The first-order valence-electron chi connectivity index (χ1n) is 10.6. The number of fused-ring (bicyclic) bond motifs is 1. The van der Waals surface area contributed by atoms with Crippen LogP contribution in [-0.4, -0.2) is 51.4 Å². The molecule has 4 rings (SSSR count). The van der Waals surface area contributed by atoms with E-state index in [2.05, 4.69) is 34.1 Å². The number of hydrogen-bond donors (Lipinski definition) is 0. The number of carbonyl (C=O) groups excluding carboxylic acids is 1. The second-order valence-electron chi connectivity index (χ2n) is 7.89. The summed E-state index contributed by atoms with van der Waals surface area (Å²) >= 11 is 0. The Balaban J connectivity index is 1.56. The number of carbonyl (C=O) groups is 1. The van der Waals surface area contributed by atoms with Gasteiger partial charge in [-0.15, -0.1) is 0 Å². The lowest BCUT2D eigenvalue weighted by Crippen LogP contribution is -2.37. The molecule has 3 heterocycles. The number of amides is 1. The molecule has 3 aromatic rings. The first kappa shape index (κ1) is 20.3. The summed E-state index contributed by atoms with van der Waals surface area (Å²) in [5.41, 5.74) is 2.79. The summed E-state index contributed by atoms with van der Waals surface area (Å²) in [4.78, 5) is 35.1. The molecular formula is C24H28N4O2. The van der Waals surface area contributed by atoms with Crippen molar-refractivity contribution in [1.29, 1.82) is 0 Å². The van der Waals surface area contributed by atoms with E-state index >= 15 is 0 Å². The van der Waals surface area contributed by atoms with Gasteiger partial charge in [-0.05, 0) is 38.0 Å². The SMILES string of the molecule is CCn1cc(C(=O)N2CCCN(Cc3ccccc3)CC2)c(=O)c2ccc(C)nc21. The van der Waals surface area contributed by atoms with Crippen molar-refractivity contribution in [3.8, 4) is 0 Å². The average Bonchev–Trinajstić information content (AvgIpc) is 3.00. The monoisotopic (exact) mass is 404 g/mol. The van der Waals surface area contributed by atoms with E-state index in [-0.39, 0.29) is 16.9 Å². The fraction of sp³-hybridized carbons (Fsp3) is 0.375. The number of nitrogens with zero attached hydrogens (tertiary/aromatic N) is 4. The summed E-state index contributed by atoms with van der Waals surface area (Å²) < 4.78 is 1.90. The van der Waals surface area contributed by atoms with Crippen molar-refractivity contribution in [2.75, 3.05) is 26.2 Å². The Kier molecular flexibility index (Phi) is 5.95. The first-order chi connectivity index (χ1) is 14.6. The van der Waals surface area contributed by atoms with E-state index in [1.54, 1.807) is 12.3 Å². The molecule has 6 heteroatoms. The number of aryl methyl sites for hydroxylation is 2. The van der Waals surface area contributed by atoms with Crippen LogP contribution in [0, 0.1) is 6.92 Å². The highest BCUT2D eigenvalue weighted by molar-refractivity contribution is 5.96. The van der Waals surface area contributed by atoms with Gasteiger partial charge in [0.1, 0.15) is 11.2 Å². The van der Waals surface area contributed by atoms with E-state index in [1.165, 1.54) is 5.56 Å². The molecule has 1 aliphatic heterocycles. The van der Waals surface area contributed by atoms with Crippen LogP contribution in [0.25, 0.3) is 11.0 Å². The molecule has 0 saturated carbocycles. The fourth-order valence-corrected chi connectivity index (χ4v) is 4.10. The van der Waals surface area contributed by atoms with Gasteiger partial charge in [-0.3, -0.25) is 14.5 Å². The summed E-state index contributed by atoms with van der Waals surface area (Å²) in [7, 11) is 0. The molecule has 1 aliphatic rings. The Morgan fingerprint density at radius 2 is 1.83 bits per heavy atom. The molecular weight excluding hydrogens is 376 g/mol. The third kappa shape index (κ3) is 4.14. The summed E-state index contributed by atoms with van der Waals surface area (Å²) in [6.45, 7) is 8.47. The van der Waals surface area contributed by atoms with Gasteiger partial charge in [-0.2, -0.15) is 0 Å². The van der Waals surface area contributed by atoms with E-state index in [4.69, 9.17) is 0 Å². The molecule has 0 aliphatic carbocycles. The van der Waals surface area contributed by atoms with E-state index < -0.39 is 0 Å². The quantitative estimate of drug-likeness (QED) is 0.671. The van der Waals surface area contributed by atoms with Crippen LogP contribution >= 0.6 is 0 Å². The maximum atomic E-state index is 13.3. The van der Waals surface area contributed by atoms with Gasteiger partial charge in [0.15, 0.2) is 0 Å². The topological polar surface area (TPSA) is 58.4 Å². The number of benzene rings is 1. The molecule has 0 bridgehead atoms. The predicted octanol–water partition coefficient (Wildman–Crippen LogP) is 3.07. The van der Waals surface area contributed by atoms with Crippen LogP contribution in [0.15, 0.2) is 53.5 Å². The molecule has 2 aromatic heterocycles. The molecule has 0 N–H and O–H groups in total. The van der Waals surface area contributed by atoms with Gasteiger partial charge in [0.25, 0.3) is 5.91 Å². The van der Waals surface area contributed by atoms with Crippen LogP contribution in [0.4, 0.5) is 0 Å². The van der Waals surface area contributed by atoms with Crippen LogP contribution in [0.5, 0.6) is 0 Å². The molecule has 0 unspecified atom stereocenters. The van der Waals surface area contributed by atoms with Crippen LogP contribution in [-0.2, 0) is 13.1 Å². The lowest BCUT2D eigenvalue weighted by Gasteiger charge is -2.22. The maximum Gasteiger partial charge on any atom is 0.259 e. The molecule has 30 heavy (non-hydrogen) atoms. The van der Waals surface area contributed by atoms with Gasteiger partial charge in [0, 0.05) is 51.2 Å². The highest BCUT2D eigenvalue weighted by Crippen LogP contribution is 2.14. The van der Waals surface area contributed by atoms with Gasteiger partial charge in [0.05, 0.1) is 5.39 Å². The molecule has 1 saturated heterocycles. The number of hydrogen-bond acceptors (Lipinski definition) is 4. The van der Waals surface area contributed by atoms with Crippen molar-refractivity contribution in [1.82, 2.24) is 19.4 Å². The number of pyridine rings is 2. The Morgan fingerprint density at radius 1 is 1.03 bits per heavy atom. The minimum Gasteiger partial charge on any atom is -0.337 e. The molecule has 156 valence electrons. The highest BCUT2D eigenvalue weighted by Gasteiger charge is 2.24. The molecule has 1 amide bonds. The summed E-state index contributed by atoms with van der Waals surface area (Å²) in [5, 5.41) is 0.508. The first-order valence-corrected chi connectivity index (χ1v) is 10.6. The van der Waals surface area contributed by atoms with Crippen molar-refractivity contribution < 1.29 is 4.79 Å². The zero-order valence-electron chi connectivity index (χ0n) is 17.7. The standard InChI is InChI=1S/C24H28N4O2/c1-3-27-17-21(22(29)20-11-10-18(2)25-23(20)27)24(30)28-13-7-12-26(14-15-28)16-19-8-5-4-6-9-19/h4-6,8-11,17H,3,7,12-16H2,1-2H3. The predicted molar refractivity (Wildman–Crippen MR) is 119 cm³/mol. The van der Waals surface area contributed by atoms with Crippen molar-refractivity contribution in [3.63, 3.8) is 0 Å². The maximum absolute atomic E-state index is 13.3. The number of aromatic nitrogens is 2. The van der Waals surface area contributed by atoms with Gasteiger partial charge < -0.3 is 9.47 Å². The van der Waals surface area contributed by atoms with Crippen molar-refractivity contribution in [2.24, 2.45) is 0 Å². The lowest BCUT2D eigenvalue weighted by molar-refractivity contribution is 0.0759. The van der Waals surface area contributed by atoms with Gasteiger partial charge >= 0.3 is 0 Å². The summed E-state index contributed by atoms with van der Waals surface area (Å²) in [6, 6.07) is 14.0. The zero-order chi connectivity index (χ0) is 21.1. The molecule has 1 fully saturated rings. The molecule has 0 spiro atoms. The highest BCUT2D eigenvalue weighted by atomic mass is 16.2. The fourth-order valence-electron chi connectivity index (χ4n) is 4.10. The minimum atomic E-state index is -0.224. The van der Waals surface area contributed by atoms with Crippen LogP contribution < -0.4 is 5.43 Å². The minimum absolute atomic E-state index is 0.175. The van der Waals surface area contributed by atoms with Crippen molar-refractivity contribution in [2.45, 2.75) is 33.4 Å². The van der Waals surface area contributed by atoms with Gasteiger partial charge in [0.2, 0.25) is 5.43 Å². The second-order valence-corrected chi connectivity index (χ2v) is 7.89. The molecule has 0 radical (unpaired) electrons. The second kappa shape index (κ2) is 8.79. The normalized spacial score (nSPS) is 15.3. The third-order valence-electron chi connectivity index (χ3n) is 5.76. The number of rotatable bonds is 4. The summed E-state index contributed by atoms with van der Waals surface area (Å²) in [5.74, 6) is -0.175. The Hall–Kier alpha value is -2.99. The van der Waals surface area contributed by atoms with Crippen LogP contribution in [0.1, 0.15) is 35.0 Å². The molecule has 6 nitrogen and oxygen atoms in total. The Labute approximate surface area is 176 Å². The van der Waals surface area contributed by atoms with Crippen molar-refractivity contribution in [3.05, 3.63) is 75.7 Å². The summed E-state index contributed by atoms with van der Waals surface area (Å²) in [6.07, 6.45) is 2.58. The van der Waals surface area contributed by atoms with E-state index in [0.29, 0.717) is 30.7 Å². The smallest absolute Gasteiger partial charge is 0.259 e. The van der Waals surface area contributed by atoms with Crippen molar-refractivity contribution >= 4 is 16.9 Å². The van der Waals surface area contributed by atoms with Crippen LogP contribution in [0.2, 0.25) is 0 Å². The van der Waals surface area contributed by atoms with Crippen LogP contribution in [0.3, 0.4) is 0 Å². The molecule has 0 atom stereocenters. The van der Waals surface area contributed by atoms with E-state index in [0.717, 1.165) is 31.7 Å². The Bertz CT molecular complexity index is 1110. The van der Waals surface area contributed by atoms with E-state index in [1.807, 2.05) is 35.4 Å². The average molecular weight is 405 g/mol. The lowest BCUT2D eigenvalue weighted by atomic mass is 10.1. The van der Waals surface area contributed by atoms with Gasteiger partial charge in [-0.1, -0.05) is 30.3 Å². The third-order valence-corrected chi connectivity index (χ3v) is 5.76. The Morgan fingerprint density at radius 3 is 2.60 bits per heavy atom. The van der Waals surface area contributed by atoms with E-state index in [9.17, 15) is 9.59 Å².